The molecule has 0 aromatic carbocycles. The summed E-state index contributed by atoms with van der Waals surface area (Å²) in [5.41, 5.74) is 0. The summed E-state index contributed by atoms with van der Waals surface area (Å²) in [6.07, 6.45) is 1.32. The van der Waals surface area contributed by atoms with Gasteiger partial charge >= 0.3 is 0 Å². The Kier molecular flexibility index (Phi) is 4.94. The number of carbonyl (C=O) groups is 1. The summed E-state index contributed by atoms with van der Waals surface area (Å²) in [7, 11) is -3.17. The molecule has 1 aliphatic rings. The maximum atomic E-state index is 11.7. The van der Waals surface area contributed by atoms with Crippen LogP contribution in [0.2, 0.25) is 0 Å². The molecule has 17 heavy (non-hydrogen) atoms. The molecule has 0 aromatic rings. The Morgan fingerprint density at radius 2 is 2.12 bits per heavy atom. The van der Waals surface area contributed by atoms with E-state index in [0.29, 0.717) is 25.9 Å². The summed E-state index contributed by atoms with van der Waals surface area (Å²) < 4.78 is 25.8. The van der Waals surface area contributed by atoms with Gasteiger partial charge in [-0.3, -0.25) is 4.79 Å². The van der Waals surface area contributed by atoms with Gasteiger partial charge in [0.25, 0.3) is 0 Å². The smallest absolute Gasteiger partial charge is 0.225 e. The number of carbonyl (C=O) groups excluding carboxylic acids is 1. The lowest BCUT2D eigenvalue weighted by molar-refractivity contribution is -0.133. The maximum absolute atomic E-state index is 11.7. The minimum Gasteiger partial charge on any atom is -0.341 e. The lowest BCUT2D eigenvalue weighted by Crippen LogP contribution is -2.40. The Morgan fingerprint density at radius 3 is 2.65 bits per heavy atom. The highest BCUT2D eigenvalue weighted by Crippen LogP contribution is 2.13. The number of hydrogen-bond donors (Lipinski definition) is 1. The van der Waals surface area contributed by atoms with E-state index in [1.54, 1.807) is 4.90 Å². The van der Waals surface area contributed by atoms with Gasteiger partial charge in [-0.25, -0.2) is 13.1 Å². The first-order valence-corrected chi connectivity index (χ1v) is 7.79. The van der Waals surface area contributed by atoms with E-state index in [2.05, 4.69) is 4.72 Å². The van der Waals surface area contributed by atoms with Crippen molar-refractivity contribution in [2.75, 3.05) is 18.8 Å². The maximum Gasteiger partial charge on any atom is 0.225 e. The molecule has 0 aromatic heterocycles. The lowest BCUT2D eigenvalue weighted by Gasteiger charge is -2.19. The minimum atomic E-state index is -3.17. The molecule has 1 heterocycles. The van der Waals surface area contributed by atoms with Gasteiger partial charge in [-0.15, -0.1) is 0 Å². The molecule has 0 bridgehead atoms. The second-order valence-corrected chi connectivity index (χ2v) is 6.73. The van der Waals surface area contributed by atoms with E-state index >= 15 is 0 Å². The molecule has 0 radical (unpaired) electrons. The fourth-order valence-corrected chi connectivity index (χ4v) is 3.36. The molecule has 100 valence electrons. The van der Waals surface area contributed by atoms with Crippen molar-refractivity contribution in [2.45, 2.75) is 39.7 Å². The summed E-state index contributed by atoms with van der Waals surface area (Å²) >= 11 is 0. The molecular weight excluding hydrogens is 240 g/mol. The van der Waals surface area contributed by atoms with Crippen LogP contribution < -0.4 is 4.72 Å². The predicted molar refractivity (Wildman–Crippen MR) is 67.0 cm³/mol. The van der Waals surface area contributed by atoms with Crippen LogP contribution in [-0.2, 0) is 14.8 Å². The third-order valence-corrected chi connectivity index (χ3v) is 4.45. The zero-order chi connectivity index (χ0) is 13.1. The van der Waals surface area contributed by atoms with Crippen molar-refractivity contribution in [3.63, 3.8) is 0 Å². The zero-order valence-electron chi connectivity index (χ0n) is 10.8. The molecule has 1 unspecified atom stereocenters. The van der Waals surface area contributed by atoms with Gasteiger partial charge in [-0.1, -0.05) is 20.8 Å². The molecule has 0 spiro atoms. The largest absolute Gasteiger partial charge is 0.341 e. The summed E-state index contributed by atoms with van der Waals surface area (Å²) in [6, 6.07) is -0.116. The minimum absolute atomic E-state index is 0.0269. The third kappa shape index (κ3) is 4.27. The third-order valence-electron chi connectivity index (χ3n) is 2.81. The topological polar surface area (TPSA) is 66.5 Å². The number of rotatable bonds is 5. The van der Waals surface area contributed by atoms with Gasteiger partial charge in [0.15, 0.2) is 0 Å². The van der Waals surface area contributed by atoms with Crippen molar-refractivity contribution in [3.05, 3.63) is 0 Å². The molecule has 0 saturated carbocycles. The molecule has 6 heteroatoms. The van der Waals surface area contributed by atoms with E-state index in [4.69, 9.17) is 0 Å². The highest BCUT2D eigenvalue weighted by Gasteiger charge is 2.29. The van der Waals surface area contributed by atoms with E-state index in [9.17, 15) is 13.2 Å². The van der Waals surface area contributed by atoms with E-state index < -0.39 is 10.0 Å². The molecule has 0 aliphatic carbocycles. The lowest BCUT2D eigenvalue weighted by atomic mass is 10.2. The van der Waals surface area contributed by atoms with Crippen molar-refractivity contribution in [1.82, 2.24) is 9.62 Å². The van der Waals surface area contributed by atoms with E-state index in [-0.39, 0.29) is 23.6 Å². The number of sulfonamides is 1. The van der Waals surface area contributed by atoms with Gasteiger partial charge in [0.05, 0.1) is 5.75 Å². The first-order valence-electron chi connectivity index (χ1n) is 6.14. The van der Waals surface area contributed by atoms with Crippen LogP contribution in [0.15, 0.2) is 0 Å². The number of amides is 1. The Labute approximate surface area is 104 Å². The van der Waals surface area contributed by atoms with Crippen LogP contribution in [-0.4, -0.2) is 44.1 Å². The van der Waals surface area contributed by atoms with E-state index in [1.807, 2.05) is 20.8 Å². The Balaban J connectivity index is 2.49. The second kappa shape index (κ2) is 5.82. The molecule has 1 saturated heterocycles. The highest BCUT2D eigenvalue weighted by molar-refractivity contribution is 7.89. The molecule has 1 fully saturated rings. The molecule has 1 rings (SSSR count). The van der Waals surface area contributed by atoms with E-state index in [0.717, 1.165) is 0 Å². The van der Waals surface area contributed by atoms with Crippen LogP contribution >= 0.6 is 0 Å². The van der Waals surface area contributed by atoms with Gasteiger partial charge in [0.1, 0.15) is 0 Å². The Hall–Kier alpha value is -0.620. The van der Waals surface area contributed by atoms with Crippen molar-refractivity contribution in [1.29, 1.82) is 0 Å². The fourth-order valence-electron chi connectivity index (χ4n) is 2.00. The number of nitrogens with one attached hydrogen (secondary N) is 1. The van der Waals surface area contributed by atoms with Crippen LogP contribution in [0.3, 0.4) is 0 Å². The zero-order valence-corrected chi connectivity index (χ0v) is 11.6. The average molecular weight is 262 g/mol. The molecule has 1 N–H and O–H groups in total. The monoisotopic (exact) mass is 262 g/mol. The van der Waals surface area contributed by atoms with Crippen molar-refractivity contribution < 1.29 is 13.2 Å². The predicted octanol–water partition coefficient (Wildman–Crippen LogP) is 0.573. The van der Waals surface area contributed by atoms with Crippen LogP contribution in [0.25, 0.3) is 0 Å². The van der Waals surface area contributed by atoms with Gasteiger partial charge in [0, 0.05) is 25.0 Å². The average Bonchev–Trinajstić information content (AvgIpc) is 2.63. The normalized spacial score (nSPS) is 21.2. The SMILES string of the molecule is CCCS(=O)(=O)NC1CCN(C(=O)C(C)C)C1. The van der Waals surface area contributed by atoms with Gasteiger partial charge in [-0.05, 0) is 12.8 Å². The molecule has 5 nitrogen and oxygen atoms in total. The second-order valence-electron chi connectivity index (χ2n) is 4.86. The van der Waals surface area contributed by atoms with Crippen molar-refractivity contribution >= 4 is 15.9 Å². The Bertz CT molecular complexity index is 365. The summed E-state index contributed by atoms with van der Waals surface area (Å²) in [4.78, 5) is 13.5. The van der Waals surface area contributed by atoms with Crippen molar-refractivity contribution in [3.8, 4) is 0 Å². The summed E-state index contributed by atoms with van der Waals surface area (Å²) in [5.74, 6) is 0.227. The first-order chi connectivity index (χ1) is 7.85. The fraction of sp³-hybridized carbons (Fsp3) is 0.909. The molecule has 1 aliphatic heterocycles. The quantitative estimate of drug-likeness (QED) is 0.788. The van der Waals surface area contributed by atoms with E-state index in [1.165, 1.54) is 0 Å². The van der Waals surface area contributed by atoms with Gasteiger partial charge < -0.3 is 4.90 Å². The van der Waals surface area contributed by atoms with Crippen LogP contribution in [0.4, 0.5) is 0 Å². The highest BCUT2D eigenvalue weighted by atomic mass is 32.2. The summed E-state index contributed by atoms with van der Waals surface area (Å²) in [5, 5.41) is 0. The summed E-state index contributed by atoms with van der Waals surface area (Å²) in [6.45, 7) is 6.70. The number of hydrogen-bond acceptors (Lipinski definition) is 3. The van der Waals surface area contributed by atoms with Gasteiger partial charge in [0.2, 0.25) is 15.9 Å². The van der Waals surface area contributed by atoms with Crippen molar-refractivity contribution in [2.24, 2.45) is 5.92 Å². The van der Waals surface area contributed by atoms with Crippen LogP contribution in [0.5, 0.6) is 0 Å². The standard InChI is InChI=1S/C11H22N2O3S/c1-4-7-17(15,16)12-10-5-6-13(8-10)11(14)9(2)3/h9-10,12H,4-8H2,1-3H3. The van der Waals surface area contributed by atoms with Crippen LogP contribution in [0, 0.1) is 5.92 Å². The van der Waals surface area contributed by atoms with Crippen LogP contribution in [0.1, 0.15) is 33.6 Å². The number of likely N-dealkylation sites (tertiary alicyclic amines) is 1. The Morgan fingerprint density at radius 1 is 1.47 bits per heavy atom. The van der Waals surface area contributed by atoms with Gasteiger partial charge in [-0.2, -0.15) is 0 Å². The molecule has 1 amide bonds. The molecule has 1 atom stereocenters. The molecular formula is C11H22N2O3S. The first kappa shape index (κ1) is 14.4. The number of nitrogens with zero attached hydrogens (tertiary/aromatic N) is 1.